The number of nitrogens with one attached hydrogen (secondary N) is 1. The van der Waals surface area contributed by atoms with E-state index in [1.807, 2.05) is 60.7 Å². The SMILES string of the molecule is CC(=O)N(c1ccccc1)c1nc(/C=C/C(=O)Nc2ncn(Cc3ccccc3)n2)cs1. The van der Waals surface area contributed by atoms with Gasteiger partial charge in [-0.1, -0.05) is 48.5 Å². The van der Waals surface area contributed by atoms with Gasteiger partial charge in [-0.15, -0.1) is 16.4 Å². The van der Waals surface area contributed by atoms with E-state index in [1.54, 1.807) is 22.5 Å². The summed E-state index contributed by atoms with van der Waals surface area (Å²) in [5.74, 6) is -0.291. The van der Waals surface area contributed by atoms with Crippen LogP contribution in [0.3, 0.4) is 0 Å². The fourth-order valence-corrected chi connectivity index (χ4v) is 3.83. The molecule has 8 nitrogen and oxygen atoms in total. The van der Waals surface area contributed by atoms with Crippen LogP contribution in [0.25, 0.3) is 6.08 Å². The quantitative estimate of drug-likeness (QED) is 0.433. The number of nitrogens with zero attached hydrogens (tertiary/aromatic N) is 5. The Labute approximate surface area is 188 Å². The second kappa shape index (κ2) is 9.80. The van der Waals surface area contributed by atoms with E-state index in [1.165, 1.54) is 29.2 Å². The summed E-state index contributed by atoms with van der Waals surface area (Å²) in [6.07, 6.45) is 4.51. The van der Waals surface area contributed by atoms with E-state index in [4.69, 9.17) is 0 Å². The highest BCUT2D eigenvalue weighted by Crippen LogP contribution is 2.29. The molecule has 2 amide bonds. The van der Waals surface area contributed by atoms with Gasteiger partial charge in [-0.05, 0) is 23.8 Å². The van der Waals surface area contributed by atoms with Crippen molar-refractivity contribution in [3.63, 3.8) is 0 Å². The van der Waals surface area contributed by atoms with Gasteiger partial charge in [-0.2, -0.15) is 0 Å². The number of rotatable bonds is 7. The lowest BCUT2D eigenvalue weighted by Crippen LogP contribution is -2.22. The smallest absolute Gasteiger partial charge is 0.250 e. The van der Waals surface area contributed by atoms with Gasteiger partial charge in [0.1, 0.15) is 6.33 Å². The molecule has 2 aromatic carbocycles. The summed E-state index contributed by atoms with van der Waals surface area (Å²) in [6.45, 7) is 2.05. The molecule has 0 saturated carbocycles. The summed E-state index contributed by atoms with van der Waals surface area (Å²) < 4.78 is 1.65. The molecule has 9 heteroatoms. The van der Waals surface area contributed by atoms with Crippen LogP contribution in [0.2, 0.25) is 0 Å². The highest BCUT2D eigenvalue weighted by atomic mass is 32.1. The third-order valence-corrected chi connectivity index (χ3v) is 5.24. The van der Waals surface area contributed by atoms with E-state index in [-0.39, 0.29) is 17.8 Å². The first kappa shape index (κ1) is 21.1. The lowest BCUT2D eigenvalue weighted by Gasteiger charge is -2.17. The normalized spacial score (nSPS) is 10.9. The zero-order valence-electron chi connectivity index (χ0n) is 17.3. The molecule has 4 aromatic rings. The first-order valence-corrected chi connectivity index (χ1v) is 10.7. The van der Waals surface area contributed by atoms with Crippen molar-refractivity contribution in [1.29, 1.82) is 0 Å². The minimum absolute atomic E-state index is 0.143. The monoisotopic (exact) mass is 444 g/mol. The Balaban J connectivity index is 1.38. The van der Waals surface area contributed by atoms with E-state index in [2.05, 4.69) is 20.4 Å². The standard InChI is InChI=1S/C23H20N6O2S/c1-17(30)29(20-10-6-3-7-11-20)23-25-19(15-32-23)12-13-21(31)26-22-24-16-28(27-22)14-18-8-4-2-5-9-18/h2-13,15-16H,14H2,1H3,(H,26,27,31)/b13-12+. The Kier molecular flexibility index (Phi) is 6.47. The van der Waals surface area contributed by atoms with E-state index in [0.717, 1.165) is 11.3 Å². The molecule has 0 atom stereocenters. The molecule has 0 radical (unpaired) electrons. The number of anilines is 3. The number of carbonyl (C=O) groups is 2. The largest absolute Gasteiger partial charge is 0.290 e. The summed E-state index contributed by atoms with van der Waals surface area (Å²) in [5.41, 5.74) is 2.40. The van der Waals surface area contributed by atoms with Crippen LogP contribution in [-0.4, -0.2) is 31.6 Å². The third-order valence-electron chi connectivity index (χ3n) is 4.39. The van der Waals surface area contributed by atoms with Crippen molar-refractivity contribution < 1.29 is 9.59 Å². The van der Waals surface area contributed by atoms with Crippen LogP contribution >= 0.6 is 11.3 Å². The molecule has 1 N–H and O–H groups in total. The molecule has 0 spiro atoms. The first-order valence-electron chi connectivity index (χ1n) is 9.82. The van der Waals surface area contributed by atoms with E-state index in [0.29, 0.717) is 17.4 Å². The van der Waals surface area contributed by atoms with Gasteiger partial charge >= 0.3 is 0 Å². The van der Waals surface area contributed by atoms with E-state index < -0.39 is 0 Å². The molecular formula is C23H20N6O2S. The van der Waals surface area contributed by atoms with Crippen molar-refractivity contribution in [2.45, 2.75) is 13.5 Å². The number of hydrogen-bond donors (Lipinski definition) is 1. The van der Waals surface area contributed by atoms with Crippen molar-refractivity contribution >= 4 is 46.0 Å². The average Bonchev–Trinajstić information content (AvgIpc) is 3.43. The van der Waals surface area contributed by atoms with Gasteiger partial charge in [0.2, 0.25) is 11.9 Å². The molecule has 0 bridgehead atoms. The molecule has 160 valence electrons. The molecule has 0 aliphatic heterocycles. The molecule has 32 heavy (non-hydrogen) atoms. The number of amides is 2. The van der Waals surface area contributed by atoms with Crippen LogP contribution in [0.1, 0.15) is 18.2 Å². The number of carbonyl (C=O) groups excluding carboxylic acids is 2. The lowest BCUT2D eigenvalue weighted by atomic mass is 10.2. The number of benzene rings is 2. The Bertz CT molecular complexity index is 1230. The lowest BCUT2D eigenvalue weighted by molar-refractivity contribution is -0.116. The predicted molar refractivity (Wildman–Crippen MR) is 125 cm³/mol. The number of hydrogen-bond acceptors (Lipinski definition) is 6. The minimum Gasteiger partial charge on any atom is -0.290 e. The Morgan fingerprint density at radius 3 is 2.53 bits per heavy atom. The maximum atomic E-state index is 12.2. The van der Waals surface area contributed by atoms with E-state index >= 15 is 0 Å². The summed E-state index contributed by atoms with van der Waals surface area (Å²) in [5, 5.41) is 9.21. The second-order valence-corrected chi connectivity index (χ2v) is 7.66. The molecule has 2 aromatic heterocycles. The molecule has 0 saturated heterocycles. The van der Waals surface area contributed by atoms with Crippen LogP contribution in [0.4, 0.5) is 16.8 Å². The zero-order valence-corrected chi connectivity index (χ0v) is 18.1. The van der Waals surface area contributed by atoms with Crippen molar-refractivity contribution in [2.75, 3.05) is 10.2 Å². The third kappa shape index (κ3) is 5.32. The van der Waals surface area contributed by atoms with Crippen molar-refractivity contribution in [3.05, 3.63) is 89.7 Å². The Morgan fingerprint density at radius 2 is 1.81 bits per heavy atom. The summed E-state index contributed by atoms with van der Waals surface area (Å²) in [6, 6.07) is 19.1. The van der Waals surface area contributed by atoms with Crippen LogP contribution in [-0.2, 0) is 16.1 Å². The molecule has 2 heterocycles. The fraction of sp³-hybridized carbons (Fsp3) is 0.0870. The summed E-state index contributed by atoms with van der Waals surface area (Å²) >= 11 is 1.32. The first-order chi connectivity index (χ1) is 15.6. The van der Waals surface area contributed by atoms with Gasteiger partial charge in [-0.3, -0.25) is 19.8 Å². The molecule has 0 aliphatic carbocycles. The second-order valence-electron chi connectivity index (χ2n) is 6.82. The Hall–Kier alpha value is -4.11. The molecule has 4 rings (SSSR count). The van der Waals surface area contributed by atoms with Crippen LogP contribution in [0, 0.1) is 0 Å². The van der Waals surface area contributed by atoms with Crippen molar-refractivity contribution in [3.8, 4) is 0 Å². The molecular weight excluding hydrogens is 424 g/mol. The van der Waals surface area contributed by atoms with Crippen molar-refractivity contribution in [2.24, 2.45) is 0 Å². The Morgan fingerprint density at radius 1 is 1.09 bits per heavy atom. The highest BCUT2D eigenvalue weighted by molar-refractivity contribution is 7.14. The van der Waals surface area contributed by atoms with Crippen LogP contribution in [0.5, 0.6) is 0 Å². The highest BCUT2D eigenvalue weighted by Gasteiger charge is 2.17. The molecule has 0 aliphatic rings. The average molecular weight is 445 g/mol. The summed E-state index contributed by atoms with van der Waals surface area (Å²) in [4.78, 5) is 34.5. The van der Waals surface area contributed by atoms with Gasteiger partial charge in [0.15, 0.2) is 5.13 Å². The fourth-order valence-electron chi connectivity index (χ4n) is 2.97. The van der Waals surface area contributed by atoms with Crippen LogP contribution < -0.4 is 10.2 Å². The van der Waals surface area contributed by atoms with Gasteiger partial charge < -0.3 is 0 Å². The van der Waals surface area contributed by atoms with Crippen LogP contribution in [0.15, 0.2) is 78.4 Å². The van der Waals surface area contributed by atoms with E-state index in [9.17, 15) is 9.59 Å². The number of para-hydroxylation sites is 1. The van der Waals surface area contributed by atoms with Gasteiger partial charge in [-0.25, -0.2) is 14.6 Å². The topological polar surface area (TPSA) is 93.0 Å². The maximum absolute atomic E-state index is 12.2. The maximum Gasteiger partial charge on any atom is 0.250 e. The molecule has 0 unspecified atom stereocenters. The van der Waals surface area contributed by atoms with Gasteiger partial charge in [0, 0.05) is 18.4 Å². The predicted octanol–water partition coefficient (Wildman–Crippen LogP) is 4.12. The number of thiazole rings is 1. The van der Waals surface area contributed by atoms with Crippen molar-refractivity contribution in [1.82, 2.24) is 19.7 Å². The molecule has 0 fully saturated rings. The number of aromatic nitrogens is 4. The van der Waals surface area contributed by atoms with Gasteiger partial charge in [0.05, 0.1) is 17.9 Å². The minimum atomic E-state index is -0.372. The zero-order chi connectivity index (χ0) is 22.3. The van der Waals surface area contributed by atoms with Gasteiger partial charge in [0.25, 0.3) is 5.91 Å². The summed E-state index contributed by atoms with van der Waals surface area (Å²) in [7, 11) is 0.